The summed E-state index contributed by atoms with van der Waals surface area (Å²) in [6.07, 6.45) is 3.59. The van der Waals surface area contributed by atoms with Crippen molar-refractivity contribution in [2.24, 2.45) is 0 Å². The van der Waals surface area contributed by atoms with Crippen molar-refractivity contribution < 1.29 is 4.74 Å². The topological polar surface area (TPSA) is 34.1 Å². The molecular weight excluding hydrogens is 396 g/mol. The molecule has 2 rings (SSSR count). The van der Waals surface area contributed by atoms with Crippen molar-refractivity contribution in [1.29, 1.82) is 0 Å². The fourth-order valence-corrected chi connectivity index (χ4v) is 3.12. The van der Waals surface area contributed by atoms with E-state index in [0.717, 1.165) is 44.5 Å². The molecule has 0 aliphatic rings. The van der Waals surface area contributed by atoms with Gasteiger partial charge in [0, 0.05) is 39.0 Å². The Morgan fingerprint density at radius 1 is 1.14 bits per heavy atom. The minimum Gasteiger partial charge on any atom is -0.488 e. The summed E-state index contributed by atoms with van der Waals surface area (Å²) in [5.41, 5.74) is 3.33. The Balaban J connectivity index is 2.18. The molecule has 0 unspecified atom stereocenters. The van der Waals surface area contributed by atoms with Gasteiger partial charge in [-0.1, -0.05) is 22.9 Å². The van der Waals surface area contributed by atoms with Gasteiger partial charge in [-0.05, 0) is 53.2 Å². The number of pyridine rings is 1. The molecule has 1 aromatic carbocycles. The van der Waals surface area contributed by atoms with E-state index in [9.17, 15) is 0 Å². The predicted octanol–water partition coefficient (Wildman–Crippen LogP) is 4.60. The second kappa shape index (κ2) is 7.92. The number of aromatic nitrogens is 1. The quantitative estimate of drug-likeness (QED) is 0.751. The highest BCUT2D eigenvalue weighted by Crippen LogP contribution is 2.29. The number of rotatable bonds is 6. The molecule has 1 aromatic heterocycles. The zero-order valence-corrected chi connectivity index (χ0v) is 15.3. The van der Waals surface area contributed by atoms with Gasteiger partial charge in [0.1, 0.15) is 12.4 Å². The van der Waals surface area contributed by atoms with Crippen molar-refractivity contribution in [3.63, 3.8) is 0 Å². The first kappa shape index (κ1) is 16.5. The Morgan fingerprint density at radius 2 is 1.95 bits per heavy atom. The molecule has 0 bridgehead atoms. The molecular formula is C16H18Br2N2O. The van der Waals surface area contributed by atoms with Crippen LogP contribution in [0.1, 0.15) is 23.6 Å². The average molecular weight is 414 g/mol. The van der Waals surface area contributed by atoms with Crippen LogP contribution in [0.2, 0.25) is 0 Å². The van der Waals surface area contributed by atoms with E-state index in [-0.39, 0.29) is 0 Å². The molecule has 0 radical (unpaired) electrons. The third-order valence-electron chi connectivity index (χ3n) is 3.03. The van der Waals surface area contributed by atoms with Crippen LogP contribution in [-0.4, -0.2) is 11.5 Å². The molecule has 0 fully saturated rings. The number of aryl methyl sites for hydroxylation is 1. The minimum atomic E-state index is 0.508. The Morgan fingerprint density at radius 3 is 2.67 bits per heavy atom. The third kappa shape index (κ3) is 4.80. The number of hydrogen-bond acceptors (Lipinski definition) is 3. The van der Waals surface area contributed by atoms with Gasteiger partial charge in [0.15, 0.2) is 0 Å². The van der Waals surface area contributed by atoms with E-state index in [2.05, 4.69) is 68.1 Å². The van der Waals surface area contributed by atoms with Crippen LogP contribution in [0.4, 0.5) is 0 Å². The molecule has 0 aliphatic carbocycles. The molecule has 2 aromatic rings. The van der Waals surface area contributed by atoms with Crippen molar-refractivity contribution in [2.45, 2.75) is 27.0 Å². The molecule has 0 aliphatic heterocycles. The molecule has 0 amide bonds. The molecule has 0 saturated heterocycles. The zero-order valence-electron chi connectivity index (χ0n) is 12.1. The highest BCUT2D eigenvalue weighted by Gasteiger charge is 2.09. The first-order valence-corrected chi connectivity index (χ1v) is 8.40. The monoisotopic (exact) mass is 412 g/mol. The average Bonchev–Trinajstić information content (AvgIpc) is 2.44. The number of halogens is 2. The van der Waals surface area contributed by atoms with Crippen LogP contribution in [0.25, 0.3) is 0 Å². The van der Waals surface area contributed by atoms with Crippen molar-refractivity contribution in [3.8, 4) is 5.75 Å². The van der Waals surface area contributed by atoms with Crippen LogP contribution in [0.5, 0.6) is 5.75 Å². The van der Waals surface area contributed by atoms with Crippen LogP contribution >= 0.6 is 31.9 Å². The molecule has 5 heteroatoms. The molecule has 0 atom stereocenters. The van der Waals surface area contributed by atoms with Crippen molar-refractivity contribution in [2.75, 3.05) is 6.54 Å². The van der Waals surface area contributed by atoms with Crippen molar-refractivity contribution in [3.05, 3.63) is 56.2 Å². The van der Waals surface area contributed by atoms with Gasteiger partial charge in [-0.2, -0.15) is 0 Å². The molecule has 3 nitrogen and oxygen atoms in total. The SMILES string of the molecule is CCNCc1cc(Br)cc(C)c1OCc1cncc(Br)c1. The first-order chi connectivity index (χ1) is 10.1. The van der Waals surface area contributed by atoms with E-state index in [1.807, 2.05) is 12.3 Å². The summed E-state index contributed by atoms with van der Waals surface area (Å²) in [5.74, 6) is 0.944. The van der Waals surface area contributed by atoms with Gasteiger partial charge in [0.25, 0.3) is 0 Å². The number of hydrogen-bond donors (Lipinski definition) is 1. The fourth-order valence-electron chi connectivity index (χ4n) is 2.09. The zero-order chi connectivity index (χ0) is 15.2. The summed E-state index contributed by atoms with van der Waals surface area (Å²) in [5, 5.41) is 3.35. The fraction of sp³-hybridized carbons (Fsp3) is 0.312. The highest BCUT2D eigenvalue weighted by molar-refractivity contribution is 9.10. The second-order valence-corrected chi connectivity index (χ2v) is 6.62. The second-order valence-electron chi connectivity index (χ2n) is 4.79. The highest BCUT2D eigenvalue weighted by atomic mass is 79.9. The lowest BCUT2D eigenvalue weighted by molar-refractivity contribution is 0.299. The maximum atomic E-state index is 6.04. The lowest BCUT2D eigenvalue weighted by Gasteiger charge is -2.15. The van der Waals surface area contributed by atoms with E-state index < -0.39 is 0 Å². The Bertz CT molecular complexity index is 617. The van der Waals surface area contributed by atoms with Crippen molar-refractivity contribution in [1.82, 2.24) is 10.3 Å². The largest absolute Gasteiger partial charge is 0.488 e. The van der Waals surface area contributed by atoms with Crippen LogP contribution in [-0.2, 0) is 13.2 Å². The van der Waals surface area contributed by atoms with Gasteiger partial charge < -0.3 is 10.1 Å². The van der Waals surface area contributed by atoms with Gasteiger partial charge in [-0.3, -0.25) is 4.98 Å². The normalized spacial score (nSPS) is 10.7. The summed E-state index contributed by atoms with van der Waals surface area (Å²) in [6.45, 7) is 6.39. The Hall–Kier alpha value is -0.910. The van der Waals surface area contributed by atoms with Crippen LogP contribution < -0.4 is 10.1 Å². The molecule has 112 valence electrons. The summed E-state index contributed by atoms with van der Waals surface area (Å²) in [6, 6.07) is 6.19. The Kier molecular flexibility index (Phi) is 6.21. The Labute approximate surface area is 142 Å². The van der Waals surface area contributed by atoms with Gasteiger partial charge in [-0.25, -0.2) is 0 Å². The number of nitrogens with one attached hydrogen (secondary N) is 1. The smallest absolute Gasteiger partial charge is 0.127 e. The summed E-state index contributed by atoms with van der Waals surface area (Å²) in [7, 11) is 0. The summed E-state index contributed by atoms with van der Waals surface area (Å²) in [4.78, 5) is 4.16. The number of nitrogens with zero attached hydrogens (tertiary/aromatic N) is 1. The third-order valence-corrected chi connectivity index (χ3v) is 3.92. The first-order valence-electron chi connectivity index (χ1n) is 6.82. The predicted molar refractivity (Wildman–Crippen MR) is 92.5 cm³/mol. The molecule has 0 saturated carbocycles. The van der Waals surface area contributed by atoms with Crippen LogP contribution in [0.3, 0.4) is 0 Å². The van der Waals surface area contributed by atoms with E-state index >= 15 is 0 Å². The molecule has 1 N–H and O–H groups in total. The van der Waals surface area contributed by atoms with Gasteiger partial charge in [-0.15, -0.1) is 0 Å². The number of benzene rings is 1. The summed E-state index contributed by atoms with van der Waals surface area (Å²) >= 11 is 6.97. The molecule has 1 heterocycles. The number of ether oxygens (including phenoxy) is 1. The maximum absolute atomic E-state index is 6.04. The van der Waals surface area contributed by atoms with Gasteiger partial charge in [0.05, 0.1) is 0 Å². The van der Waals surface area contributed by atoms with E-state index in [1.54, 1.807) is 6.20 Å². The van der Waals surface area contributed by atoms with E-state index in [0.29, 0.717) is 6.61 Å². The van der Waals surface area contributed by atoms with Crippen LogP contribution in [0, 0.1) is 6.92 Å². The maximum Gasteiger partial charge on any atom is 0.127 e. The molecule has 0 spiro atoms. The standard InChI is InChI=1S/C16H18Br2N2O/c1-3-19-8-13-6-14(17)4-11(2)16(13)21-10-12-5-15(18)9-20-7-12/h4-7,9,19H,3,8,10H2,1-2H3. The van der Waals surface area contributed by atoms with E-state index in [1.165, 1.54) is 0 Å². The van der Waals surface area contributed by atoms with E-state index in [4.69, 9.17) is 4.74 Å². The lowest BCUT2D eigenvalue weighted by atomic mass is 10.1. The molecule has 21 heavy (non-hydrogen) atoms. The van der Waals surface area contributed by atoms with Crippen molar-refractivity contribution >= 4 is 31.9 Å². The van der Waals surface area contributed by atoms with Gasteiger partial charge in [0.2, 0.25) is 0 Å². The van der Waals surface area contributed by atoms with Gasteiger partial charge >= 0.3 is 0 Å². The minimum absolute atomic E-state index is 0.508. The lowest BCUT2D eigenvalue weighted by Crippen LogP contribution is -2.13. The van der Waals surface area contributed by atoms with Crippen LogP contribution in [0.15, 0.2) is 39.5 Å². The summed E-state index contributed by atoms with van der Waals surface area (Å²) < 4.78 is 8.07.